The van der Waals surface area contributed by atoms with E-state index in [2.05, 4.69) is 0 Å². The topological polar surface area (TPSA) is 57.2 Å². The maximum atomic E-state index is 9.39. The van der Waals surface area contributed by atoms with Crippen molar-refractivity contribution >= 4 is 8.80 Å². The molecule has 0 unspecified atom stereocenters. The van der Waals surface area contributed by atoms with Crippen LogP contribution in [0, 0.1) is 6.92 Å². The number of aliphatic hydroxyl groups is 1. The summed E-state index contributed by atoms with van der Waals surface area (Å²) in [6, 6.07) is 4.52. The van der Waals surface area contributed by atoms with Crippen molar-refractivity contribution in [3.63, 3.8) is 0 Å². The number of aliphatic hydroxyl groups excluding tert-OH is 1. The lowest BCUT2D eigenvalue weighted by molar-refractivity contribution is 0.123. The minimum Gasteiger partial charge on any atom is -0.496 e. The second kappa shape index (κ2) is 7.75. The molecule has 0 aliphatic heterocycles. The van der Waals surface area contributed by atoms with E-state index < -0.39 is 8.80 Å². The lowest BCUT2D eigenvalue weighted by atomic mass is 10.0. The molecule has 1 N–H and O–H groups in total. The molecule has 0 aliphatic carbocycles. The highest BCUT2D eigenvalue weighted by atomic mass is 28.4. The summed E-state index contributed by atoms with van der Waals surface area (Å²) in [6.45, 7) is 1.98. The average Bonchev–Trinajstić information content (AvgIpc) is 2.50. The molecule has 5 nitrogen and oxygen atoms in total. The highest BCUT2D eigenvalue weighted by Crippen LogP contribution is 2.30. The summed E-state index contributed by atoms with van der Waals surface area (Å²) in [6.07, 6.45) is 0.713. The minimum absolute atomic E-state index is 0.0438. The summed E-state index contributed by atoms with van der Waals surface area (Å²) < 4.78 is 21.7. The van der Waals surface area contributed by atoms with E-state index >= 15 is 0 Å². The van der Waals surface area contributed by atoms with Gasteiger partial charge in [-0.3, -0.25) is 0 Å². The summed E-state index contributed by atoms with van der Waals surface area (Å²) in [5, 5.41) is 9.39. The highest BCUT2D eigenvalue weighted by molar-refractivity contribution is 6.60. The molecule has 20 heavy (non-hydrogen) atoms. The maximum absolute atomic E-state index is 9.39. The lowest BCUT2D eigenvalue weighted by Crippen LogP contribution is -2.43. The smallest absolute Gasteiger partial charge is 0.496 e. The molecule has 0 atom stereocenters. The molecule has 0 aromatic heterocycles. The third kappa shape index (κ3) is 3.59. The Balaban J connectivity index is 3.02. The molecule has 0 heterocycles. The van der Waals surface area contributed by atoms with Crippen LogP contribution < -0.4 is 4.74 Å². The van der Waals surface area contributed by atoms with Gasteiger partial charge in [0.2, 0.25) is 0 Å². The first-order chi connectivity index (χ1) is 9.57. The monoisotopic (exact) mass is 300 g/mol. The number of ether oxygens (including phenoxy) is 1. The van der Waals surface area contributed by atoms with Gasteiger partial charge in [0.25, 0.3) is 0 Å². The van der Waals surface area contributed by atoms with Gasteiger partial charge in [0, 0.05) is 32.9 Å². The summed E-state index contributed by atoms with van der Waals surface area (Å²) in [4.78, 5) is 0. The molecule has 6 heteroatoms. The van der Waals surface area contributed by atoms with E-state index in [1.165, 1.54) is 0 Å². The van der Waals surface area contributed by atoms with Crippen LogP contribution in [0.3, 0.4) is 0 Å². The largest absolute Gasteiger partial charge is 0.500 e. The van der Waals surface area contributed by atoms with Crippen LogP contribution in [0.1, 0.15) is 16.7 Å². The second-order valence-electron chi connectivity index (χ2n) is 4.51. The van der Waals surface area contributed by atoms with Crippen LogP contribution in [0.2, 0.25) is 6.04 Å². The molecule has 0 aliphatic rings. The Morgan fingerprint density at radius 1 is 1.05 bits per heavy atom. The fourth-order valence-corrected chi connectivity index (χ4v) is 3.97. The van der Waals surface area contributed by atoms with E-state index in [9.17, 15) is 5.11 Å². The number of methoxy groups -OCH3 is 1. The third-order valence-corrected chi connectivity index (χ3v) is 6.29. The molecule has 114 valence electrons. The Morgan fingerprint density at radius 2 is 1.65 bits per heavy atom. The molecule has 0 spiro atoms. The molecule has 0 radical (unpaired) electrons. The number of benzene rings is 1. The minimum atomic E-state index is -2.60. The van der Waals surface area contributed by atoms with Gasteiger partial charge in [-0.2, -0.15) is 0 Å². The zero-order valence-electron chi connectivity index (χ0n) is 12.9. The van der Waals surface area contributed by atoms with Crippen molar-refractivity contribution in [1.82, 2.24) is 0 Å². The fourth-order valence-electron chi connectivity index (χ4n) is 2.30. The van der Waals surface area contributed by atoms with Crippen LogP contribution in [0.5, 0.6) is 5.75 Å². The van der Waals surface area contributed by atoms with Crippen LogP contribution in [-0.2, 0) is 26.3 Å². The van der Waals surface area contributed by atoms with Crippen LogP contribution >= 0.6 is 0 Å². The molecule has 1 aromatic rings. The van der Waals surface area contributed by atoms with Crippen molar-refractivity contribution in [2.45, 2.75) is 26.0 Å². The highest BCUT2D eigenvalue weighted by Gasteiger charge is 2.37. The van der Waals surface area contributed by atoms with E-state index in [1.54, 1.807) is 28.4 Å². The molecule has 0 amide bonds. The average molecular weight is 300 g/mol. The van der Waals surface area contributed by atoms with Gasteiger partial charge in [-0.15, -0.1) is 0 Å². The third-order valence-electron chi connectivity index (χ3n) is 3.56. The van der Waals surface area contributed by atoms with E-state index in [-0.39, 0.29) is 6.61 Å². The lowest BCUT2D eigenvalue weighted by Gasteiger charge is -2.25. The van der Waals surface area contributed by atoms with E-state index in [4.69, 9.17) is 18.0 Å². The van der Waals surface area contributed by atoms with Crippen LogP contribution in [-0.4, -0.2) is 42.4 Å². The fraction of sp³-hybridized carbons (Fsp3) is 0.571. The Hall–Kier alpha value is -0.923. The first kappa shape index (κ1) is 17.1. The van der Waals surface area contributed by atoms with Crippen molar-refractivity contribution in [3.05, 3.63) is 28.8 Å². The van der Waals surface area contributed by atoms with Gasteiger partial charge in [0.1, 0.15) is 5.75 Å². The molecular weight excluding hydrogens is 276 g/mol. The Morgan fingerprint density at radius 3 is 2.10 bits per heavy atom. The second-order valence-corrected chi connectivity index (χ2v) is 7.60. The Labute approximate surface area is 121 Å². The van der Waals surface area contributed by atoms with Crippen molar-refractivity contribution in [2.24, 2.45) is 0 Å². The van der Waals surface area contributed by atoms with E-state index in [0.717, 1.165) is 22.4 Å². The molecule has 0 bridgehead atoms. The summed E-state index contributed by atoms with van der Waals surface area (Å²) in [5.74, 6) is 0.735. The van der Waals surface area contributed by atoms with Crippen LogP contribution in [0.4, 0.5) is 0 Å². The van der Waals surface area contributed by atoms with Gasteiger partial charge in [0.05, 0.1) is 13.7 Å². The summed E-state index contributed by atoms with van der Waals surface area (Å²) in [5.41, 5.74) is 2.96. The molecular formula is C14H24O5Si. The van der Waals surface area contributed by atoms with Gasteiger partial charge >= 0.3 is 8.80 Å². The molecule has 0 saturated carbocycles. The summed E-state index contributed by atoms with van der Waals surface area (Å²) >= 11 is 0. The van der Waals surface area contributed by atoms with Crippen molar-refractivity contribution in [1.29, 1.82) is 0 Å². The number of hydrogen-bond donors (Lipinski definition) is 1. The standard InChI is InChI=1S/C14H24O5Si/c1-11-6-7-12(10-15)14(16-2)13(11)8-9-20(17-3,18-4)19-5/h6-7,15H,8-10H2,1-5H3. The summed E-state index contributed by atoms with van der Waals surface area (Å²) in [7, 11) is 3.83. The van der Waals surface area contributed by atoms with Gasteiger partial charge in [0.15, 0.2) is 0 Å². The zero-order chi connectivity index (χ0) is 15.2. The number of aryl methyl sites for hydroxylation is 1. The van der Waals surface area contributed by atoms with Gasteiger partial charge < -0.3 is 23.1 Å². The maximum Gasteiger partial charge on any atom is 0.500 e. The predicted molar refractivity (Wildman–Crippen MR) is 78.9 cm³/mol. The Kier molecular flexibility index (Phi) is 6.64. The molecule has 0 fully saturated rings. The van der Waals surface area contributed by atoms with Crippen LogP contribution in [0.15, 0.2) is 12.1 Å². The normalized spacial score (nSPS) is 11.7. The van der Waals surface area contributed by atoms with Gasteiger partial charge in [-0.1, -0.05) is 12.1 Å². The molecule has 0 saturated heterocycles. The predicted octanol–water partition coefficient (Wildman–Crippen LogP) is 1.92. The van der Waals surface area contributed by atoms with Crippen molar-refractivity contribution in [3.8, 4) is 5.75 Å². The zero-order valence-corrected chi connectivity index (χ0v) is 13.9. The first-order valence-corrected chi connectivity index (χ1v) is 8.42. The number of hydrogen-bond acceptors (Lipinski definition) is 5. The van der Waals surface area contributed by atoms with Crippen molar-refractivity contribution < 1.29 is 23.1 Å². The first-order valence-electron chi connectivity index (χ1n) is 6.49. The van der Waals surface area contributed by atoms with Gasteiger partial charge in [-0.05, 0) is 24.5 Å². The van der Waals surface area contributed by atoms with Crippen LogP contribution in [0.25, 0.3) is 0 Å². The van der Waals surface area contributed by atoms with Gasteiger partial charge in [-0.25, -0.2) is 0 Å². The SMILES string of the molecule is COc1c(CO)ccc(C)c1CC[Si](OC)(OC)OC. The van der Waals surface area contributed by atoms with E-state index in [1.807, 2.05) is 19.1 Å². The van der Waals surface area contributed by atoms with Crippen molar-refractivity contribution in [2.75, 3.05) is 28.4 Å². The van der Waals surface area contributed by atoms with E-state index in [0.29, 0.717) is 12.5 Å². The quantitative estimate of drug-likeness (QED) is 0.743. The Bertz CT molecular complexity index is 424. The number of rotatable bonds is 8. The molecule has 1 aromatic carbocycles. The molecule has 1 rings (SSSR count).